The highest BCUT2D eigenvalue weighted by Gasteiger charge is 2.24. The highest BCUT2D eigenvalue weighted by Crippen LogP contribution is 2.35. The monoisotopic (exact) mass is 479 g/mol. The molecule has 31 heavy (non-hydrogen) atoms. The minimum atomic E-state index is 0. The molecule has 8 heteroatoms. The summed E-state index contributed by atoms with van der Waals surface area (Å²) in [6, 6.07) is 13.8. The maximum atomic E-state index is 13.6. The van der Waals surface area contributed by atoms with Crippen LogP contribution in [0.2, 0.25) is 0 Å². The lowest BCUT2D eigenvalue weighted by atomic mass is 10.2. The number of para-hydroxylation sites is 1. The van der Waals surface area contributed by atoms with Gasteiger partial charge in [0.1, 0.15) is 11.3 Å². The summed E-state index contributed by atoms with van der Waals surface area (Å²) in [5, 5.41) is 0.720. The number of anilines is 1. The molecule has 0 spiro atoms. The summed E-state index contributed by atoms with van der Waals surface area (Å²) in [7, 11) is 4.09. The molecule has 0 bridgehead atoms. The zero-order valence-electron chi connectivity index (χ0n) is 18.5. The number of nitrogens with zero attached hydrogens (tertiary/aromatic N) is 3. The quantitative estimate of drug-likeness (QED) is 0.342. The first-order valence-corrected chi connectivity index (χ1v) is 12.1. The number of benzene rings is 2. The van der Waals surface area contributed by atoms with Gasteiger partial charge in [0.05, 0.1) is 16.9 Å². The predicted octanol–water partition coefficient (Wildman–Crippen LogP) is 5.83. The fourth-order valence-corrected chi connectivity index (χ4v) is 5.00. The van der Waals surface area contributed by atoms with E-state index >= 15 is 0 Å². The largest absolute Gasteiger partial charge is 0.492 e. The first-order valence-electron chi connectivity index (χ1n) is 10.3. The molecule has 0 radical (unpaired) electrons. The van der Waals surface area contributed by atoms with E-state index in [-0.39, 0.29) is 18.3 Å². The topological polar surface area (TPSA) is 45.7 Å². The lowest BCUT2D eigenvalue weighted by Crippen LogP contribution is -2.33. The zero-order valence-corrected chi connectivity index (χ0v) is 20.9. The molecule has 2 aromatic carbocycles. The third-order valence-electron chi connectivity index (χ3n) is 4.55. The Labute approximate surface area is 199 Å². The summed E-state index contributed by atoms with van der Waals surface area (Å²) in [5.74, 6) is 1.69. The standard InChI is InChI=1S/C23H29N3O2S2.ClH/c1-5-28-18-12-9-14-20-21(18)24-23(30-20)26(16-10-15-25(3)4)22(27)17-11-7-8-13-19(17)29-6-2;/h7-9,11-14H,5-6,10,15-16H2,1-4H3;1H. The van der Waals surface area contributed by atoms with Gasteiger partial charge in [0.25, 0.3) is 5.91 Å². The van der Waals surface area contributed by atoms with E-state index < -0.39 is 0 Å². The molecule has 5 nitrogen and oxygen atoms in total. The van der Waals surface area contributed by atoms with Gasteiger partial charge in [-0.3, -0.25) is 9.69 Å². The van der Waals surface area contributed by atoms with E-state index in [9.17, 15) is 4.79 Å². The lowest BCUT2D eigenvalue weighted by molar-refractivity contribution is 0.0983. The average Bonchev–Trinajstić information content (AvgIpc) is 3.16. The van der Waals surface area contributed by atoms with E-state index in [1.807, 2.05) is 68.4 Å². The summed E-state index contributed by atoms with van der Waals surface area (Å²) >= 11 is 3.23. The molecule has 1 amide bonds. The number of rotatable bonds is 10. The van der Waals surface area contributed by atoms with Crippen LogP contribution in [0.3, 0.4) is 0 Å². The number of fused-ring (bicyclic) bond motifs is 1. The van der Waals surface area contributed by atoms with Gasteiger partial charge in [-0.2, -0.15) is 0 Å². The summed E-state index contributed by atoms with van der Waals surface area (Å²) in [6.07, 6.45) is 0.871. The second kappa shape index (κ2) is 12.3. The third-order valence-corrected chi connectivity index (χ3v) is 6.55. The second-order valence-electron chi connectivity index (χ2n) is 7.08. The van der Waals surface area contributed by atoms with E-state index in [2.05, 4.69) is 11.8 Å². The van der Waals surface area contributed by atoms with Crippen molar-refractivity contribution in [2.45, 2.75) is 25.2 Å². The normalized spacial score (nSPS) is 10.9. The Morgan fingerprint density at radius 3 is 2.58 bits per heavy atom. The third kappa shape index (κ3) is 6.35. The minimum Gasteiger partial charge on any atom is -0.492 e. The van der Waals surface area contributed by atoms with E-state index in [4.69, 9.17) is 9.72 Å². The summed E-state index contributed by atoms with van der Waals surface area (Å²) in [5.41, 5.74) is 1.56. The Balaban J connectivity index is 0.00000341. The van der Waals surface area contributed by atoms with Crippen molar-refractivity contribution >= 4 is 56.8 Å². The Hall–Kier alpha value is -1.80. The summed E-state index contributed by atoms with van der Waals surface area (Å²) in [4.78, 5) is 23.4. The van der Waals surface area contributed by atoms with Crippen LogP contribution in [0, 0.1) is 0 Å². The van der Waals surface area contributed by atoms with Gasteiger partial charge < -0.3 is 9.64 Å². The van der Waals surface area contributed by atoms with Crippen LogP contribution in [0.5, 0.6) is 5.75 Å². The molecular formula is C23H30ClN3O2S2. The number of halogens is 1. The Kier molecular flexibility index (Phi) is 10.1. The van der Waals surface area contributed by atoms with Crippen molar-refractivity contribution in [3.05, 3.63) is 48.0 Å². The smallest absolute Gasteiger partial charge is 0.261 e. The van der Waals surface area contributed by atoms with E-state index in [0.717, 1.165) is 50.3 Å². The fraction of sp³-hybridized carbons (Fsp3) is 0.391. The molecule has 0 unspecified atom stereocenters. The number of thiazole rings is 1. The van der Waals surface area contributed by atoms with Gasteiger partial charge in [-0.15, -0.1) is 24.2 Å². The number of hydrogen-bond donors (Lipinski definition) is 0. The number of carbonyl (C=O) groups excluding carboxylic acids is 1. The van der Waals surface area contributed by atoms with Crippen LogP contribution in [-0.2, 0) is 0 Å². The van der Waals surface area contributed by atoms with Gasteiger partial charge in [-0.05, 0) is 64.0 Å². The van der Waals surface area contributed by atoms with Gasteiger partial charge in [0.2, 0.25) is 0 Å². The summed E-state index contributed by atoms with van der Waals surface area (Å²) in [6.45, 7) is 6.17. The molecule has 0 N–H and O–H groups in total. The molecule has 0 fully saturated rings. The molecule has 0 saturated heterocycles. The zero-order chi connectivity index (χ0) is 21.5. The van der Waals surface area contributed by atoms with Crippen molar-refractivity contribution < 1.29 is 9.53 Å². The van der Waals surface area contributed by atoms with Gasteiger partial charge in [0, 0.05) is 11.4 Å². The SMILES string of the molecule is CCOc1cccc2sc(N(CCCN(C)C)C(=O)c3ccccc3SCC)nc12.Cl. The van der Waals surface area contributed by atoms with Crippen LogP contribution >= 0.6 is 35.5 Å². The Morgan fingerprint density at radius 2 is 1.87 bits per heavy atom. The lowest BCUT2D eigenvalue weighted by Gasteiger charge is -2.22. The maximum absolute atomic E-state index is 13.6. The van der Waals surface area contributed by atoms with E-state index in [1.54, 1.807) is 23.1 Å². The van der Waals surface area contributed by atoms with Crippen LogP contribution in [0.4, 0.5) is 5.13 Å². The van der Waals surface area contributed by atoms with Crippen LogP contribution in [0.15, 0.2) is 47.4 Å². The molecular weight excluding hydrogens is 450 g/mol. The fourth-order valence-electron chi connectivity index (χ4n) is 3.20. The van der Waals surface area contributed by atoms with Crippen molar-refractivity contribution in [3.8, 4) is 5.75 Å². The van der Waals surface area contributed by atoms with Crippen LogP contribution < -0.4 is 9.64 Å². The van der Waals surface area contributed by atoms with Crippen molar-refractivity contribution in [2.24, 2.45) is 0 Å². The molecule has 3 aromatic rings. The molecule has 3 rings (SSSR count). The van der Waals surface area contributed by atoms with Gasteiger partial charge in [0.15, 0.2) is 5.13 Å². The maximum Gasteiger partial charge on any atom is 0.261 e. The number of carbonyl (C=O) groups is 1. The first-order chi connectivity index (χ1) is 14.5. The molecule has 0 aliphatic heterocycles. The van der Waals surface area contributed by atoms with Crippen molar-refractivity contribution in [2.75, 3.05) is 44.4 Å². The van der Waals surface area contributed by atoms with Crippen LogP contribution in [0.1, 0.15) is 30.6 Å². The Morgan fingerprint density at radius 1 is 1.10 bits per heavy atom. The molecule has 0 aliphatic carbocycles. The predicted molar refractivity (Wildman–Crippen MR) is 136 cm³/mol. The molecule has 1 heterocycles. The average molecular weight is 480 g/mol. The minimum absolute atomic E-state index is 0. The van der Waals surface area contributed by atoms with Gasteiger partial charge in [-0.25, -0.2) is 4.98 Å². The van der Waals surface area contributed by atoms with E-state index in [1.165, 1.54) is 0 Å². The highest BCUT2D eigenvalue weighted by molar-refractivity contribution is 7.99. The number of ether oxygens (including phenoxy) is 1. The van der Waals surface area contributed by atoms with Crippen molar-refractivity contribution in [1.29, 1.82) is 0 Å². The summed E-state index contributed by atoms with van der Waals surface area (Å²) < 4.78 is 6.78. The van der Waals surface area contributed by atoms with Crippen molar-refractivity contribution in [3.63, 3.8) is 0 Å². The Bertz CT molecular complexity index is 994. The molecule has 0 atom stereocenters. The van der Waals surface area contributed by atoms with Crippen LogP contribution in [0.25, 0.3) is 10.2 Å². The van der Waals surface area contributed by atoms with Crippen LogP contribution in [-0.4, -0.2) is 55.3 Å². The number of aromatic nitrogens is 1. The molecule has 168 valence electrons. The highest BCUT2D eigenvalue weighted by atomic mass is 35.5. The number of thioether (sulfide) groups is 1. The van der Waals surface area contributed by atoms with Gasteiger partial charge in [-0.1, -0.05) is 36.5 Å². The van der Waals surface area contributed by atoms with E-state index in [0.29, 0.717) is 13.2 Å². The second-order valence-corrected chi connectivity index (χ2v) is 9.39. The van der Waals surface area contributed by atoms with Crippen molar-refractivity contribution in [1.82, 2.24) is 9.88 Å². The number of amides is 1. The molecule has 0 saturated carbocycles. The molecule has 1 aromatic heterocycles. The molecule has 0 aliphatic rings. The van der Waals surface area contributed by atoms with Gasteiger partial charge >= 0.3 is 0 Å². The first kappa shape index (κ1) is 25.5. The number of hydrogen-bond acceptors (Lipinski definition) is 6.